The summed E-state index contributed by atoms with van der Waals surface area (Å²) in [5.74, 6) is -0.746. The molecule has 0 fully saturated rings. The van der Waals surface area contributed by atoms with E-state index in [2.05, 4.69) is 26.6 Å². The SMILES string of the molecule is COc1ccc(NC(=O)NC2C=CC(C(=O)O)C2)cc1Br. The molecule has 0 aliphatic heterocycles. The number of hydrogen-bond acceptors (Lipinski definition) is 3. The van der Waals surface area contributed by atoms with Crippen LogP contribution in [0.25, 0.3) is 0 Å². The van der Waals surface area contributed by atoms with E-state index in [1.165, 1.54) is 0 Å². The van der Waals surface area contributed by atoms with E-state index in [9.17, 15) is 9.59 Å². The number of benzene rings is 1. The number of urea groups is 1. The van der Waals surface area contributed by atoms with E-state index in [1.54, 1.807) is 37.5 Å². The Kier molecular flexibility index (Phi) is 4.85. The van der Waals surface area contributed by atoms with Gasteiger partial charge in [-0.15, -0.1) is 0 Å². The fourth-order valence-corrected chi connectivity index (χ4v) is 2.61. The molecular formula is C14H15BrN2O4. The number of rotatable bonds is 4. The number of methoxy groups -OCH3 is 1. The number of aliphatic carboxylic acids is 1. The van der Waals surface area contributed by atoms with Crippen LogP contribution in [0.4, 0.5) is 10.5 Å². The van der Waals surface area contributed by atoms with Crippen molar-refractivity contribution in [3.63, 3.8) is 0 Å². The molecule has 2 atom stereocenters. The number of carbonyl (C=O) groups is 2. The fourth-order valence-electron chi connectivity index (χ4n) is 2.07. The van der Waals surface area contributed by atoms with Crippen molar-refractivity contribution in [2.45, 2.75) is 12.5 Å². The number of halogens is 1. The van der Waals surface area contributed by atoms with Crippen LogP contribution in [0, 0.1) is 5.92 Å². The van der Waals surface area contributed by atoms with Crippen molar-refractivity contribution >= 4 is 33.6 Å². The molecule has 0 bridgehead atoms. The lowest BCUT2D eigenvalue weighted by Crippen LogP contribution is -2.36. The minimum atomic E-state index is -0.880. The predicted octanol–water partition coefficient (Wildman–Crippen LogP) is 2.61. The summed E-state index contributed by atoms with van der Waals surface area (Å²) in [5.41, 5.74) is 0.608. The highest BCUT2D eigenvalue weighted by molar-refractivity contribution is 9.10. The second-order valence-corrected chi connectivity index (χ2v) is 5.47. The minimum absolute atomic E-state index is 0.271. The predicted molar refractivity (Wildman–Crippen MR) is 81.5 cm³/mol. The molecule has 0 radical (unpaired) electrons. The third kappa shape index (κ3) is 3.98. The van der Waals surface area contributed by atoms with Gasteiger partial charge in [-0.3, -0.25) is 4.79 Å². The van der Waals surface area contributed by atoms with Crippen LogP contribution in [-0.4, -0.2) is 30.3 Å². The fraction of sp³-hybridized carbons (Fsp3) is 0.286. The number of carbonyl (C=O) groups excluding carboxylic acids is 1. The van der Waals surface area contributed by atoms with Crippen LogP contribution in [0.2, 0.25) is 0 Å². The molecule has 0 saturated carbocycles. The quantitative estimate of drug-likeness (QED) is 0.725. The Morgan fingerprint density at radius 3 is 2.71 bits per heavy atom. The van der Waals surface area contributed by atoms with Crippen molar-refractivity contribution in [3.05, 3.63) is 34.8 Å². The lowest BCUT2D eigenvalue weighted by atomic mass is 10.1. The lowest BCUT2D eigenvalue weighted by molar-refractivity contribution is -0.140. The first-order valence-corrected chi connectivity index (χ1v) is 7.11. The van der Waals surface area contributed by atoms with Crippen LogP contribution in [-0.2, 0) is 4.79 Å². The molecule has 21 heavy (non-hydrogen) atoms. The number of ether oxygens (including phenoxy) is 1. The average Bonchev–Trinajstić information content (AvgIpc) is 2.87. The number of anilines is 1. The van der Waals surface area contributed by atoms with Crippen LogP contribution < -0.4 is 15.4 Å². The van der Waals surface area contributed by atoms with Gasteiger partial charge in [0.25, 0.3) is 0 Å². The summed E-state index contributed by atoms with van der Waals surface area (Å²) in [6, 6.07) is 4.52. The van der Waals surface area contributed by atoms with Crippen molar-refractivity contribution < 1.29 is 19.4 Å². The lowest BCUT2D eigenvalue weighted by Gasteiger charge is -2.13. The maximum Gasteiger partial charge on any atom is 0.319 e. The highest BCUT2D eigenvalue weighted by Crippen LogP contribution is 2.27. The number of nitrogens with one attached hydrogen (secondary N) is 2. The molecule has 112 valence electrons. The molecule has 0 heterocycles. The molecule has 3 N–H and O–H groups in total. The first-order chi connectivity index (χ1) is 9.99. The van der Waals surface area contributed by atoms with Gasteiger partial charge in [-0.05, 0) is 40.5 Å². The largest absolute Gasteiger partial charge is 0.496 e. The Bertz CT molecular complexity index is 588. The molecule has 2 rings (SSSR count). The van der Waals surface area contributed by atoms with E-state index in [1.807, 2.05) is 0 Å². The first-order valence-electron chi connectivity index (χ1n) is 6.32. The first kappa shape index (κ1) is 15.4. The molecule has 0 spiro atoms. The zero-order valence-corrected chi connectivity index (χ0v) is 12.9. The number of carboxylic acids is 1. The summed E-state index contributed by atoms with van der Waals surface area (Å²) >= 11 is 3.34. The Morgan fingerprint density at radius 2 is 2.14 bits per heavy atom. The van der Waals surface area contributed by atoms with Gasteiger partial charge in [-0.1, -0.05) is 12.2 Å². The van der Waals surface area contributed by atoms with E-state index < -0.39 is 11.9 Å². The molecule has 2 amide bonds. The second-order valence-electron chi connectivity index (χ2n) is 4.62. The Balaban J connectivity index is 1.89. The molecule has 2 unspecified atom stereocenters. The van der Waals surface area contributed by atoms with Gasteiger partial charge in [0.15, 0.2) is 0 Å². The monoisotopic (exact) mass is 354 g/mol. The normalized spacial score (nSPS) is 20.1. The summed E-state index contributed by atoms with van der Waals surface area (Å²) in [6.07, 6.45) is 3.66. The van der Waals surface area contributed by atoms with Gasteiger partial charge in [0, 0.05) is 5.69 Å². The highest BCUT2D eigenvalue weighted by Gasteiger charge is 2.25. The summed E-state index contributed by atoms with van der Waals surface area (Å²) < 4.78 is 5.84. The van der Waals surface area contributed by atoms with Gasteiger partial charge in [0.05, 0.1) is 23.5 Å². The molecule has 1 aliphatic carbocycles. The molecule has 6 nitrogen and oxygen atoms in total. The van der Waals surface area contributed by atoms with Gasteiger partial charge < -0.3 is 20.5 Å². The number of hydrogen-bond donors (Lipinski definition) is 3. The van der Waals surface area contributed by atoms with Gasteiger partial charge >= 0.3 is 12.0 Å². The number of carboxylic acid groups (broad SMARTS) is 1. The highest BCUT2D eigenvalue weighted by atomic mass is 79.9. The van der Waals surface area contributed by atoms with Gasteiger partial charge in [-0.2, -0.15) is 0 Å². The average molecular weight is 355 g/mol. The third-order valence-corrected chi connectivity index (χ3v) is 3.75. The Morgan fingerprint density at radius 1 is 1.38 bits per heavy atom. The maximum absolute atomic E-state index is 11.9. The molecule has 7 heteroatoms. The summed E-state index contributed by atoms with van der Waals surface area (Å²) in [4.78, 5) is 22.7. The zero-order valence-electron chi connectivity index (χ0n) is 11.3. The Labute approximate surface area is 130 Å². The molecule has 1 aromatic rings. The van der Waals surface area contributed by atoms with E-state index >= 15 is 0 Å². The second kappa shape index (κ2) is 6.62. The van der Waals surface area contributed by atoms with Crippen LogP contribution in [0.5, 0.6) is 5.75 Å². The van der Waals surface area contributed by atoms with Gasteiger partial charge in [0.1, 0.15) is 5.75 Å². The van der Waals surface area contributed by atoms with Crippen molar-refractivity contribution in [1.29, 1.82) is 0 Å². The summed E-state index contributed by atoms with van der Waals surface area (Å²) in [6.45, 7) is 0. The van der Waals surface area contributed by atoms with Crippen LogP contribution in [0.3, 0.4) is 0 Å². The smallest absolute Gasteiger partial charge is 0.319 e. The Hall–Kier alpha value is -2.02. The summed E-state index contributed by atoms with van der Waals surface area (Å²) in [5, 5.41) is 14.3. The van der Waals surface area contributed by atoms with E-state index in [4.69, 9.17) is 9.84 Å². The molecule has 1 aromatic carbocycles. The minimum Gasteiger partial charge on any atom is -0.496 e. The van der Waals surface area contributed by atoms with E-state index in [0.717, 1.165) is 4.47 Å². The topological polar surface area (TPSA) is 87.7 Å². The molecule has 1 aliphatic rings. The van der Waals surface area contributed by atoms with Crippen LogP contribution in [0.15, 0.2) is 34.8 Å². The zero-order chi connectivity index (χ0) is 15.4. The summed E-state index contributed by atoms with van der Waals surface area (Å²) in [7, 11) is 1.56. The standard InChI is InChI=1S/C14H15BrN2O4/c1-21-12-5-4-10(7-11(12)15)17-14(20)16-9-3-2-8(6-9)13(18)19/h2-5,7-9H,6H2,1H3,(H,18,19)(H2,16,17,20). The van der Waals surface area contributed by atoms with Gasteiger partial charge in [0.2, 0.25) is 0 Å². The van der Waals surface area contributed by atoms with Gasteiger partial charge in [-0.25, -0.2) is 4.79 Å². The van der Waals surface area contributed by atoms with Crippen molar-refractivity contribution in [2.24, 2.45) is 5.92 Å². The van der Waals surface area contributed by atoms with Crippen LogP contribution in [0.1, 0.15) is 6.42 Å². The number of amides is 2. The van der Waals surface area contributed by atoms with Crippen LogP contribution >= 0.6 is 15.9 Å². The molecule has 0 aromatic heterocycles. The third-order valence-electron chi connectivity index (χ3n) is 3.13. The van der Waals surface area contributed by atoms with E-state index in [-0.39, 0.29) is 12.1 Å². The molecule has 0 saturated heterocycles. The van der Waals surface area contributed by atoms with Crippen molar-refractivity contribution in [1.82, 2.24) is 5.32 Å². The van der Waals surface area contributed by atoms with Crippen molar-refractivity contribution in [3.8, 4) is 5.75 Å². The maximum atomic E-state index is 11.9. The molecular weight excluding hydrogens is 340 g/mol. The van der Waals surface area contributed by atoms with Crippen molar-refractivity contribution in [2.75, 3.05) is 12.4 Å². The van der Waals surface area contributed by atoms with E-state index in [0.29, 0.717) is 17.9 Å².